The number of nitrogens with zero attached hydrogens (tertiary/aromatic N) is 2. The van der Waals surface area contributed by atoms with Gasteiger partial charge in [0.15, 0.2) is 6.23 Å². The van der Waals surface area contributed by atoms with Crippen LogP contribution in [0.5, 0.6) is 0 Å². The molecule has 1 aromatic rings. The fourth-order valence-electron chi connectivity index (χ4n) is 1.59. The minimum Gasteiger partial charge on any atom is -0.352 e. The van der Waals surface area contributed by atoms with Crippen LogP contribution in [0.1, 0.15) is 18.2 Å². The lowest BCUT2D eigenvalue weighted by Crippen LogP contribution is -2.32. The van der Waals surface area contributed by atoms with Gasteiger partial charge in [-0.25, -0.2) is 5.01 Å². The van der Waals surface area contributed by atoms with Gasteiger partial charge in [0.05, 0.1) is 11.9 Å². The maximum atomic E-state index is 10.5. The molecule has 0 spiro atoms. The van der Waals surface area contributed by atoms with Gasteiger partial charge in [-0.05, 0) is 6.42 Å². The minimum absolute atomic E-state index is 0.303. The maximum absolute atomic E-state index is 10.5. The topological polar surface area (TPSA) is 41.9 Å². The molecule has 0 aromatic heterocycles. The van der Waals surface area contributed by atoms with Gasteiger partial charge in [0, 0.05) is 12.1 Å². The van der Waals surface area contributed by atoms with E-state index in [0.29, 0.717) is 13.2 Å². The van der Waals surface area contributed by atoms with E-state index in [1.807, 2.05) is 30.3 Å². The molecule has 0 N–H and O–H groups in total. The van der Waals surface area contributed by atoms with Crippen LogP contribution < -0.4 is 0 Å². The average molecular weight is 192 g/mol. The Morgan fingerprint density at radius 1 is 1.36 bits per heavy atom. The van der Waals surface area contributed by atoms with E-state index >= 15 is 0 Å². The van der Waals surface area contributed by atoms with E-state index in [9.17, 15) is 4.91 Å². The Hall–Kier alpha value is -1.42. The van der Waals surface area contributed by atoms with Crippen LogP contribution in [0.15, 0.2) is 35.6 Å². The first-order chi connectivity index (χ1) is 6.92. The molecule has 1 aromatic carbocycles. The maximum Gasteiger partial charge on any atom is 0.174 e. The second kappa shape index (κ2) is 4.19. The van der Waals surface area contributed by atoms with Crippen molar-refractivity contribution in [1.82, 2.24) is 5.01 Å². The largest absolute Gasteiger partial charge is 0.352 e. The quantitative estimate of drug-likeness (QED) is 0.674. The predicted molar refractivity (Wildman–Crippen MR) is 52.3 cm³/mol. The van der Waals surface area contributed by atoms with E-state index in [4.69, 9.17) is 4.74 Å². The van der Waals surface area contributed by atoms with E-state index in [0.717, 1.165) is 12.0 Å². The number of hydrogen-bond donors (Lipinski definition) is 0. The third kappa shape index (κ3) is 1.75. The molecule has 1 aliphatic rings. The van der Waals surface area contributed by atoms with Crippen molar-refractivity contribution < 1.29 is 4.74 Å². The van der Waals surface area contributed by atoms with Gasteiger partial charge in [-0.3, -0.25) is 0 Å². The number of benzene rings is 1. The molecule has 2 rings (SSSR count). The van der Waals surface area contributed by atoms with Gasteiger partial charge < -0.3 is 4.74 Å². The smallest absolute Gasteiger partial charge is 0.174 e. The zero-order valence-corrected chi connectivity index (χ0v) is 7.80. The molecule has 4 nitrogen and oxygen atoms in total. The molecule has 1 heterocycles. The Kier molecular flexibility index (Phi) is 2.74. The summed E-state index contributed by atoms with van der Waals surface area (Å²) in [7, 11) is 0. The van der Waals surface area contributed by atoms with E-state index in [1.165, 1.54) is 5.01 Å². The zero-order valence-electron chi connectivity index (χ0n) is 7.80. The van der Waals surface area contributed by atoms with Crippen molar-refractivity contribution in [2.75, 3.05) is 13.2 Å². The Morgan fingerprint density at radius 3 is 2.86 bits per heavy atom. The fourth-order valence-corrected chi connectivity index (χ4v) is 1.59. The summed E-state index contributed by atoms with van der Waals surface area (Å²) >= 11 is 0. The van der Waals surface area contributed by atoms with Crippen molar-refractivity contribution >= 4 is 0 Å². The number of rotatable bonds is 2. The van der Waals surface area contributed by atoms with Gasteiger partial charge in [0.2, 0.25) is 0 Å². The average Bonchev–Trinajstić information content (AvgIpc) is 2.30. The summed E-state index contributed by atoms with van der Waals surface area (Å²) in [5.74, 6) is 0. The van der Waals surface area contributed by atoms with E-state index in [2.05, 4.69) is 5.29 Å². The van der Waals surface area contributed by atoms with E-state index < -0.39 is 0 Å². The van der Waals surface area contributed by atoms with Crippen molar-refractivity contribution in [3.8, 4) is 0 Å². The Morgan fingerprint density at radius 2 is 2.14 bits per heavy atom. The zero-order chi connectivity index (χ0) is 9.80. The third-order valence-corrected chi connectivity index (χ3v) is 2.27. The minimum atomic E-state index is -0.303. The molecule has 0 amide bonds. The van der Waals surface area contributed by atoms with E-state index in [-0.39, 0.29) is 6.23 Å². The second-order valence-electron chi connectivity index (χ2n) is 3.23. The first kappa shape index (κ1) is 9.15. The molecule has 0 radical (unpaired) electrons. The lowest BCUT2D eigenvalue weighted by molar-refractivity contribution is -0.0987. The van der Waals surface area contributed by atoms with Gasteiger partial charge in [-0.1, -0.05) is 30.3 Å². The summed E-state index contributed by atoms with van der Waals surface area (Å²) < 4.78 is 5.50. The summed E-state index contributed by atoms with van der Waals surface area (Å²) in [6.07, 6.45) is 0.553. The molecule has 4 heteroatoms. The van der Waals surface area contributed by atoms with Crippen molar-refractivity contribution in [1.29, 1.82) is 0 Å². The summed E-state index contributed by atoms with van der Waals surface area (Å²) in [5.41, 5.74) is 0.979. The van der Waals surface area contributed by atoms with Gasteiger partial charge in [-0.15, -0.1) is 4.91 Å². The molecule has 0 aliphatic carbocycles. The van der Waals surface area contributed by atoms with Crippen molar-refractivity contribution in [3.63, 3.8) is 0 Å². The van der Waals surface area contributed by atoms with Gasteiger partial charge >= 0.3 is 0 Å². The molecule has 1 unspecified atom stereocenters. The highest BCUT2D eigenvalue weighted by atomic mass is 16.5. The van der Waals surface area contributed by atoms with Crippen LogP contribution in [0.25, 0.3) is 0 Å². The molecular weight excluding hydrogens is 180 g/mol. The van der Waals surface area contributed by atoms with Crippen molar-refractivity contribution in [2.45, 2.75) is 12.6 Å². The van der Waals surface area contributed by atoms with Crippen LogP contribution in [0, 0.1) is 4.91 Å². The number of nitroso groups, excluding NO2 is 1. The molecular formula is C10H12N2O2. The van der Waals surface area contributed by atoms with Gasteiger partial charge in [-0.2, -0.15) is 0 Å². The molecule has 0 saturated carbocycles. The lowest BCUT2D eigenvalue weighted by Gasteiger charge is -2.30. The van der Waals surface area contributed by atoms with Crippen LogP contribution in [0.4, 0.5) is 0 Å². The first-order valence-corrected chi connectivity index (χ1v) is 4.68. The van der Waals surface area contributed by atoms with Gasteiger partial charge in [0.25, 0.3) is 0 Å². The second-order valence-corrected chi connectivity index (χ2v) is 3.23. The summed E-state index contributed by atoms with van der Waals surface area (Å²) in [6, 6.07) is 9.67. The molecule has 1 aliphatic heterocycles. The van der Waals surface area contributed by atoms with Crippen LogP contribution >= 0.6 is 0 Å². The Bertz CT molecular complexity index is 302. The summed E-state index contributed by atoms with van der Waals surface area (Å²) in [6.45, 7) is 1.36. The predicted octanol–water partition coefficient (Wildman–Crippen LogP) is 2.09. The monoisotopic (exact) mass is 192 g/mol. The summed E-state index contributed by atoms with van der Waals surface area (Å²) in [4.78, 5) is 10.5. The molecule has 0 bridgehead atoms. The number of ether oxygens (including phenoxy) is 1. The third-order valence-electron chi connectivity index (χ3n) is 2.27. The highest BCUT2D eigenvalue weighted by Gasteiger charge is 2.24. The Labute approximate surface area is 82.4 Å². The fraction of sp³-hybridized carbons (Fsp3) is 0.400. The van der Waals surface area contributed by atoms with Crippen LogP contribution in [-0.4, -0.2) is 18.2 Å². The first-order valence-electron chi connectivity index (χ1n) is 4.68. The number of hydrogen-bond acceptors (Lipinski definition) is 3. The normalized spacial score (nSPS) is 22.0. The lowest BCUT2D eigenvalue weighted by atomic mass is 10.2. The SMILES string of the molecule is O=NN1CCCOC1c1ccccc1. The standard InChI is InChI=1S/C10H12N2O2/c13-11-12-7-4-8-14-10(12)9-5-2-1-3-6-9/h1-3,5-6,10H,4,7-8H2. The molecule has 1 fully saturated rings. The van der Waals surface area contributed by atoms with Crippen LogP contribution in [0.2, 0.25) is 0 Å². The van der Waals surface area contributed by atoms with Crippen molar-refractivity contribution in [3.05, 3.63) is 40.8 Å². The highest BCUT2D eigenvalue weighted by molar-refractivity contribution is 5.17. The molecule has 74 valence electrons. The van der Waals surface area contributed by atoms with Crippen molar-refractivity contribution in [2.24, 2.45) is 5.29 Å². The molecule has 14 heavy (non-hydrogen) atoms. The van der Waals surface area contributed by atoms with E-state index in [1.54, 1.807) is 0 Å². The highest BCUT2D eigenvalue weighted by Crippen LogP contribution is 2.25. The molecule has 1 saturated heterocycles. The molecule has 1 atom stereocenters. The Balaban J connectivity index is 2.19. The van der Waals surface area contributed by atoms with Crippen LogP contribution in [-0.2, 0) is 4.74 Å². The summed E-state index contributed by atoms with van der Waals surface area (Å²) in [5, 5.41) is 4.41. The van der Waals surface area contributed by atoms with Gasteiger partial charge in [0.1, 0.15) is 0 Å². The van der Waals surface area contributed by atoms with Crippen LogP contribution in [0.3, 0.4) is 0 Å².